The van der Waals surface area contributed by atoms with E-state index in [-0.39, 0.29) is 5.56 Å². The maximum Gasteiger partial charge on any atom is 0.258 e. The number of aromatic nitrogens is 2. The molecule has 0 spiro atoms. The average Bonchev–Trinajstić information content (AvgIpc) is 3.04. The van der Waals surface area contributed by atoms with Crippen LogP contribution in [0.25, 0.3) is 16.9 Å². The largest absolute Gasteiger partial charge is 0.497 e. The minimum atomic E-state index is -0.913. The van der Waals surface area contributed by atoms with Gasteiger partial charge < -0.3 is 14.5 Å². The number of carbonyl (C=O) groups is 1. The first kappa shape index (κ1) is 18.6. The van der Waals surface area contributed by atoms with Crippen LogP contribution in [-0.4, -0.2) is 22.4 Å². The highest BCUT2D eigenvalue weighted by Crippen LogP contribution is 2.27. The molecule has 4 rings (SSSR count). The highest BCUT2D eigenvalue weighted by Gasteiger charge is 2.15. The van der Waals surface area contributed by atoms with E-state index in [4.69, 9.17) is 4.74 Å². The van der Waals surface area contributed by atoms with Crippen LogP contribution in [0.1, 0.15) is 16.1 Å². The van der Waals surface area contributed by atoms with Crippen molar-refractivity contribution in [3.05, 3.63) is 83.7 Å². The molecule has 0 bridgehead atoms. The van der Waals surface area contributed by atoms with Crippen molar-refractivity contribution in [2.45, 2.75) is 6.92 Å². The molecular formula is C22H17F2N3O2. The number of carbonyl (C=O) groups excluding carboxylic acids is 1. The van der Waals surface area contributed by atoms with Gasteiger partial charge in [0.05, 0.1) is 24.1 Å². The van der Waals surface area contributed by atoms with Crippen LogP contribution < -0.4 is 10.1 Å². The van der Waals surface area contributed by atoms with E-state index in [0.29, 0.717) is 17.4 Å². The van der Waals surface area contributed by atoms with Gasteiger partial charge >= 0.3 is 0 Å². The lowest BCUT2D eigenvalue weighted by atomic mass is 10.1. The Morgan fingerprint density at radius 2 is 1.83 bits per heavy atom. The van der Waals surface area contributed by atoms with Crippen LogP contribution in [0.3, 0.4) is 0 Å². The third kappa shape index (κ3) is 3.54. The Kier molecular flexibility index (Phi) is 4.72. The van der Waals surface area contributed by atoms with E-state index < -0.39 is 17.5 Å². The van der Waals surface area contributed by atoms with Gasteiger partial charge in [-0.3, -0.25) is 4.79 Å². The number of halogens is 2. The molecule has 2 heterocycles. The van der Waals surface area contributed by atoms with Gasteiger partial charge in [-0.25, -0.2) is 13.8 Å². The van der Waals surface area contributed by atoms with E-state index in [0.717, 1.165) is 34.8 Å². The minimum absolute atomic E-state index is 0.229. The fraction of sp³-hybridized carbons (Fsp3) is 0.0909. The van der Waals surface area contributed by atoms with E-state index in [9.17, 15) is 13.6 Å². The fourth-order valence-corrected chi connectivity index (χ4v) is 3.13. The van der Waals surface area contributed by atoms with Gasteiger partial charge in [0.1, 0.15) is 23.0 Å². The van der Waals surface area contributed by atoms with Crippen LogP contribution in [0.2, 0.25) is 0 Å². The molecule has 7 heteroatoms. The van der Waals surface area contributed by atoms with E-state index in [2.05, 4.69) is 10.3 Å². The Bertz CT molecular complexity index is 1220. The van der Waals surface area contributed by atoms with Crippen LogP contribution in [0, 0.1) is 18.6 Å². The summed E-state index contributed by atoms with van der Waals surface area (Å²) in [6.07, 6.45) is 1.71. The smallest absolute Gasteiger partial charge is 0.258 e. The topological polar surface area (TPSA) is 55.6 Å². The quantitative estimate of drug-likeness (QED) is 0.539. The van der Waals surface area contributed by atoms with Crippen LogP contribution in [0.4, 0.5) is 14.5 Å². The molecule has 2 aromatic heterocycles. The number of imidazole rings is 1. The maximum absolute atomic E-state index is 13.8. The first-order valence-corrected chi connectivity index (χ1v) is 8.86. The van der Waals surface area contributed by atoms with Crippen molar-refractivity contribution in [2.75, 3.05) is 12.4 Å². The zero-order valence-electron chi connectivity index (χ0n) is 15.7. The van der Waals surface area contributed by atoms with Crippen molar-refractivity contribution in [1.29, 1.82) is 0 Å². The van der Waals surface area contributed by atoms with Crippen LogP contribution >= 0.6 is 0 Å². The molecule has 0 aliphatic heterocycles. The van der Waals surface area contributed by atoms with Gasteiger partial charge in [0.2, 0.25) is 0 Å². The Hall–Kier alpha value is -3.74. The van der Waals surface area contributed by atoms with Crippen LogP contribution in [0.5, 0.6) is 5.75 Å². The summed E-state index contributed by atoms with van der Waals surface area (Å²) in [5.74, 6) is -1.55. The standard InChI is InChI=1S/C22H17F2N3O2/c1-13-21(14-3-7-17(29-2)8-4-14)26-20-10-6-16(12-27(13)20)25-22(28)18-9-5-15(23)11-19(18)24/h3-12H,1-2H3,(H,25,28). The molecule has 29 heavy (non-hydrogen) atoms. The first-order valence-electron chi connectivity index (χ1n) is 8.86. The van der Waals surface area contributed by atoms with Gasteiger partial charge in [0, 0.05) is 23.5 Å². The van der Waals surface area contributed by atoms with Gasteiger partial charge in [-0.1, -0.05) is 0 Å². The number of pyridine rings is 1. The maximum atomic E-state index is 13.8. The van der Waals surface area contributed by atoms with Gasteiger partial charge in [0.25, 0.3) is 5.91 Å². The number of rotatable bonds is 4. The summed E-state index contributed by atoms with van der Waals surface area (Å²) >= 11 is 0. The molecule has 0 aliphatic carbocycles. The number of ether oxygens (including phenoxy) is 1. The SMILES string of the molecule is COc1ccc(-c2nc3ccc(NC(=O)c4ccc(F)cc4F)cn3c2C)cc1. The van der Waals surface area contributed by atoms with Crippen molar-refractivity contribution in [3.8, 4) is 17.0 Å². The third-order valence-corrected chi connectivity index (χ3v) is 4.65. The summed E-state index contributed by atoms with van der Waals surface area (Å²) in [5.41, 5.74) is 3.57. The monoisotopic (exact) mass is 393 g/mol. The fourth-order valence-electron chi connectivity index (χ4n) is 3.13. The number of anilines is 1. The number of methoxy groups -OCH3 is 1. The van der Waals surface area contributed by atoms with E-state index in [1.165, 1.54) is 0 Å². The second kappa shape index (κ2) is 7.35. The van der Waals surface area contributed by atoms with Crippen molar-refractivity contribution < 1.29 is 18.3 Å². The molecule has 0 radical (unpaired) electrons. The molecule has 2 aromatic carbocycles. The van der Waals surface area contributed by atoms with Gasteiger partial charge in [-0.15, -0.1) is 0 Å². The lowest BCUT2D eigenvalue weighted by molar-refractivity contribution is 0.102. The van der Waals surface area contributed by atoms with Crippen molar-refractivity contribution >= 4 is 17.2 Å². The van der Waals surface area contributed by atoms with Gasteiger partial charge in [-0.2, -0.15) is 0 Å². The number of amides is 1. The molecule has 1 N–H and O–H groups in total. The normalized spacial score (nSPS) is 10.9. The summed E-state index contributed by atoms with van der Waals surface area (Å²) in [6.45, 7) is 1.92. The molecule has 146 valence electrons. The lowest BCUT2D eigenvalue weighted by Crippen LogP contribution is -2.14. The highest BCUT2D eigenvalue weighted by atomic mass is 19.1. The molecule has 0 fully saturated rings. The Morgan fingerprint density at radius 1 is 1.07 bits per heavy atom. The molecule has 0 saturated carbocycles. The summed E-state index contributed by atoms with van der Waals surface area (Å²) in [7, 11) is 1.61. The number of nitrogens with one attached hydrogen (secondary N) is 1. The lowest BCUT2D eigenvalue weighted by Gasteiger charge is -2.07. The number of hydrogen-bond acceptors (Lipinski definition) is 3. The Morgan fingerprint density at radius 3 is 2.52 bits per heavy atom. The Labute approximate surface area is 165 Å². The van der Waals surface area contributed by atoms with Gasteiger partial charge in [0.15, 0.2) is 0 Å². The summed E-state index contributed by atoms with van der Waals surface area (Å²) in [5, 5.41) is 2.64. The molecule has 0 atom stereocenters. The van der Waals surface area contributed by atoms with E-state index in [1.807, 2.05) is 35.6 Å². The first-order chi connectivity index (χ1) is 14.0. The van der Waals surface area contributed by atoms with Gasteiger partial charge in [-0.05, 0) is 55.5 Å². The summed E-state index contributed by atoms with van der Waals surface area (Å²) in [6, 6.07) is 13.9. The van der Waals surface area contributed by atoms with E-state index in [1.54, 1.807) is 25.4 Å². The second-order valence-corrected chi connectivity index (χ2v) is 6.50. The van der Waals surface area contributed by atoms with Crippen molar-refractivity contribution in [1.82, 2.24) is 9.38 Å². The summed E-state index contributed by atoms with van der Waals surface area (Å²) < 4.78 is 33.9. The van der Waals surface area contributed by atoms with Crippen LogP contribution in [0.15, 0.2) is 60.8 Å². The summed E-state index contributed by atoms with van der Waals surface area (Å²) in [4.78, 5) is 17.0. The van der Waals surface area contributed by atoms with Crippen molar-refractivity contribution in [2.24, 2.45) is 0 Å². The van der Waals surface area contributed by atoms with Crippen LogP contribution in [-0.2, 0) is 0 Å². The number of aryl methyl sites for hydroxylation is 1. The zero-order chi connectivity index (χ0) is 20.5. The predicted molar refractivity (Wildman–Crippen MR) is 106 cm³/mol. The minimum Gasteiger partial charge on any atom is -0.497 e. The highest BCUT2D eigenvalue weighted by molar-refractivity contribution is 6.04. The molecular weight excluding hydrogens is 376 g/mol. The number of hydrogen-bond donors (Lipinski definition) is 1. The molecule has 0 unspecified atom stereocenters. The molecule has 0 saturated heterocycles. The predicted octanol–water partition coefficient (Wildman–Crippen LogP) is 4.85. The molecule has 5 nitrogen and oxygen atoms in total. The number of benzene rings is 2. The molecule has 0 aliphatic rings. The second-order valence-electron chi connectivity index (χ2n) is 6.50. The van der Waals surface area contributed by atoms with E-state index >= 15 is 0 Å². The average molecular weight is 393 g/mol. The molecule has 4 aromatic rings. The number of fused-ring (bicyclic) bond motifs is 1. The zero-order valence-corrected chi connectivity index (χ0v) is 15.7. The van der Waals surface area contributed by atoms with Crippen molar-refractivity contribution in [3.63, 3.8) is 0 Å². The Balaban J connectivity index is 1.65. The number of nitrogens with zero attached hydrogens (tertiary/aromatic N) is 2. The molecule has 1 amide bonds. The third-order valence-electron chi connectivity index (χ3n) is 4.65.